The van der Waals surface area contributed by atoms with Gasteiger partial charge in [-0.15, -0.1) is 0 Å². The van der Waals surface area contributed by atoms with Crippen LogP contribution in [0, 0.1) is 23.2 Å². The molecule has 0 radical (unpaired) electrons. The van der Waals surface area contributed by atoms with Crippen LogP contribution >= 0.6 is 0 Å². The Balaban J connectivity index is 5.40. The van der Waals surface area contributed by atoms with E-state index in [1.54, 1.807) is 27.7 Å². The molecule has 19 heavy (non-hydrogen) atoms. The van der Waals surface area contributed by atoms with E-state index in [0.717, 1.165) is 0 Å². The number of carboxylic acid groups (broad SMARTS) is 1. The van der Waals surface area contributed by atoms with Crippen molar-refractivity contribution in [3.8, 4) is 0 Å². The van der Waals surface area contributed by atoms with E-state index in [0.29, 0.717) is 6.42 Å². The first kappa shape index (κ1) is 17.9. The van der Waals surface area contributed by atoms with E-state index in [-0.39, 0.29) is 23.9 Å². The second-order valence-corrected chi connectivity index (χ2v) is 6.08. The molecule has 0 aliphatic carbocycles. The average molecular weight is 272 g/mol. The maximum absolute atomic E-state index is 12.5. The van der Waals surface area contributed by atoms with Crippen molar-refractivity contribution in [3.63, 3.8) is 0 Å². The van der Waals surface area contributed by atoms with Crippen molar-refractivity contribution in [2.75, 3.05) is 0 Å². The topological polar surface area (TPSA) is 63.6 Å². The second kappa shape index (κ2) is 6.92. The molecule has 4 heteroatoms. The van der Waals surface area contributed by atoms with E-state index in [4.69, 9.17) is 4.74 Å². The van der Waals surface area contributed by atoms with E-state index in [2.05, 4.69) is 0 Å². The number of aliphatic carboxylic acids is 1. The molecule has 0 aliphatic heterocycles. The summed E-state index contributed by atoms with van der Waals surface area (Å²) in [7, 11) is 0. The van der Waals surface area contributed by atoms with Gasteiger partial charge in [0.25, 0.3) is 0 Å². The zero-order valence-corrected chi connectivity index (χ0v) is 13.2. The maximum atomic E-state index is 12.5. The molecular weight excluding hydrogens is 244 g/mol. The molecule has 4 nitrogen and oxygen atoms in total. The Morgan fingerprint density at radius 3 is 1.68 bits per heavy atom. The maximum Gasteiger partial charge on any atom is 0.324 e. The predicted octanol–water partition coefficient (Wildman–Crippen LogP) is 3.35. The van der Waals surface area contributed by atoms with Crippen molar-refractivity contribution in [1.82, 2.24) is 0 Å². The van der Waals surface area contributed by atoms with E-state index in [1.165, 1.54) is 0 Å². The van der Waals surface area contributed by atoms with Crippen LogP contribution in [0.1, 0.15) is 54.9 Å². The Morgan fingerprint density at radius 2 is 1.47 bits per heavy atom. The molecule has 0 saturated carbocycles. The first-order chi connectivity index (χ1) is 8.62. The fraction of sp³-hybridized carbons (Fsp3) is 0.867. The molecule has 0 bridgehead atoms. The Labute approximate surface area is 116 Å². The van der Waals surface area contributed by atoms with Crippen molar-refractivity contribution < 1.29 is 19.4 Å². The summed E-state index contributed by atoms with van der Waals surface area (Å²) in [5.41, 5.74) is -1.47. The smallest absolute Gasteiger partial charge is 0.324 e. The normalized spacial score (nSPS) is 14.0. The van der Waals surface area contributed by atoms with Crippen LogP contribution in [0.4, 0.5) is 0 Å². The fourth-order valence-corrected chi connectivity index (χ4v) is 2.65. The summed E-state index contributed by atoms with van der Waals surface area (Å²) in [4.78, 5) is 24.1. The Hall–Kier alpha value is -1.06. The molecule has 0 aliphatic rings. The molecular formula is C15H28O4. The Bertz CT molecular complexity index is 310. The lowest BCUT2D eigenvalue weighted by Gasteiger charge is -2.36. The summed E-state index contributed by atoms with van der Waals surface area (Å²) in [6, 6.07) is 0. The summed E-state index contributed by atoms with van der Waals surface area (Å²) >= 11 is 0. The first-order valence-electron chi connectivity index (χ1n) is 7.06. The molecule has 112 valence electrons. The molecule has 0 fully saturated rings. The van der Waals surface area contributed by atoms with Crippen LogP contribution in [-0.4, -0.2) is 23.1 Å². The molecule has 0 aromatic rings. The standard InChI is InChI=1S/C15H28O4/c1-8-12(9(2)3)19-14(18)15(10(4)5,11(6)7)13(16)17/h9-12H,8H2,1-7H3,(H,16,17). The highest BCUT2D eigenvalue weighted by molar-refractivity contribution is 5.99. The number of hydrogen-bond acceptors (Lipinski definition) is 3. The first-order valence-corrected chi connectivity index (χ1v) is 7.06. The van der Waals surface area contributed by atoms with Gasteiger partial charge in [0.05, 0.1) is 0 Å². The minimum Gasteiger partial charge on any atom is -0.480 e. The molecule has 1 unspecified atom stereocenters. The van der Waals surface area contributed by atoms with Crippen LogP contribution in [0.2, 0.25) is 0 Å². The SMILES string of the molecule is CCC(OC(=O)C(C(=O)O)(C(C)C)C(C)C)C(C)C. The van der Waals surface area contributed by atoms with Gasteiger partial charge >= 0.3 is 11.9 Å². The lowest BCUT2D eigenvalue weighted by Crippen LogP contribution is -2.50. The Morgan fingerprint density at radius 1 is 1.05 bits per heavy atom. The highest BCUT2D eigenvalue weighted by atomic mass is 16.5. The number of carbonyl (C=O) groups excluding carboxylic acids is 1. The number of esters is 1. The van der Waals surface area contributed by atoms with Crippen LogP contribution in [0.15, 0.2) is 0 Å². The number of ether oxygens (including phenoxy) is 1. The second-order valence-electron chi connectivity index (χ2n) is 6.08. The zero-order chi connectivity index (χ0) is 15.4. The molecule has 0 aromatic heterocycles. The molecule has 0 spiro atoms. The van der Waals surface area contributed by atoms with Gasteiger partial charge in [-0.25, -0.2) is 0 Å². The van der Waals surface area contributed by atoms with Crippen molar-refractivity contribution in [3.05, 3.63) is 0 Å². The van der Waals surface area contributed by atoms with E-state index in [9.17, 15) is 14.7 Å². The van der Waals surface area contributed by atoms with Gasteiger partial charge in [0.1, 0.15) is 6.10 Å². The van der Waals surface area contributed by atoms with Gasteiger partial charge in [0.15, 0.2) is 5.41 Å². The van der Waals surface area contributed by atoms with Crippen LogP contribution < -0.4 is 0 Å². The lowest BCUT2D eigenvalue weighted by atomic mass is 9.69. The third kappa shape index (κ3) is 3.48. The van der Waals surface area contributed by atoms with Gasteiger partial charge < -0.3 is 9.84 Å². The predicted molar refractivity (Wildman–Crippen MR) is 74.8 cm³/mol. The van der Waals surface area contributed by atoms with Gasteiger partial charge in [0.2, 0.25) is 0 Å². The molecule has 0 heterocycles. The zero-order valence-electron chi connectivity index (χ0n) is 13.2. The van der Waals surface area contributed by atoms with Gasteiger partial charge in [-0.2, -0.15) is 0 Å². The number of carbonyl (C=O) groups is 2. The number of hydrogen-bond donors (Lipinski definition) is 1. The van der Waals surface area contributed by atoms with Crippen molar-refractivity contribution in [1.29, 1.82) is 0 Å². The summed E-state index contributed by atoms with van der Waals surface area (Å²) in [5, 5.41) is 9.56. The quantitative estimate of drug-likeness (QED) is 0.570. The summed E-state index contributed by atoms with van der Waals surface area (Å²) in [6.45, 7) is 12.9. The largest absolute Gasteiger partial charge is 0.480 e. The minimum atomic E-state index is -1.47. The van der Waals surface area contributed by atoms with Gasteiger partial charge in [-0.05, 0) is 24.2 Å². The van der Waals surface area contributed by atoms with E-state index >= 15 is 0 Å². The molecule has 0 rings (SSSR count). The summed E-state index contributed by atoms with van der Waals surface area (Å²) in [6.07, 6.45) is 0.457. The third-order valence-electron chi connectivity index (χ3n) is 3.92. The van der Waals surface area contributed by atoms with Crippen LogP contribution in [0.5, 0.6) is 0 Å². The fourth-order valence-electron chi connectivity index (χ4n) is 2.65. The average Bonchev–Trinajstić information content (AvgIpc) is 2.24. The van der Waals surface area contributed by atoms with E-state index in [1.807, 2.05) is 20.8 Å². The van der Waals surface area contributed by atoms with Crippen LogP contribution in [0.25, 0.3) is 0 Å². The van der Waals surface area contributed by atoms with Gasteiger partial charge in [-0.1, -0.05) is 48.5 Å². The molecule has 0 saturated heterocycles. The molecule has 0 aromatic carbocycles. The molecule has 1 N–H and O–H groups in total. The Kier molecular flexibility index (Phi) is 6.53. The minimum absolute atomic E-state index is 0.180. The van der Waals surface area contributed by atoms with Crippen molar-refractivity contribution >= 4 is 11.9 Å². The monoisotopic (exact) mass is 272 g/mol. The van der Waals surface area contributed by atoms with Crippen molar-refractivity contribution in [2.24, 2.45) is 23.2 Å². The molecule has 1 atom stereocenters. The highest BCUT2D eigenvalue weighted by Crippen LogP contribution is 2.38. The lowest BCUT2D eigenvalue weighted by molar-refractivity contribution is -0.182. The number of carboxylic acids is 1. The summed E-state index contributed by atoms with van der Waals surface area (Å²) < 4.78 is 5.49. The molecule has 0 amide bonds. The van der Waals surface area contributed by atoms with Gasteiger partial charge in [-0.3, -0.25) is 9.59 Å². The van der Waals surface area contributed by atoms with Crippen LogP contribution in [-0.2, 0) is 14.3 Å². The highest BCUT2D eigenvalue weighted by Gasteiger charge is 2.53. The van der Waals surface area contributed by atoms with E-state index < -0.39 is 17.4 Å². The summed E-state index contributed by atoms with van der Waals surface area (Å²) in [5.74, 6) is -2.16. The number of rotatable bonds is 7. The van der Waals surface area contributed by atoms with Crippen molar-refractivity contribution in [2.45, 2.75) is 61.0 Å². The van der Waals surface area contributed by atoms with Crippen LogP contribution in [0.3, 0.4) is 0 Å². The van der Waals surface area contributed by atoms with Gasteiger partial charge in [0, 0.05) is 0 Å². The third-order valence-corrected chi connectivity index (χ3v) is 3.92.